The minimum absolute atomic E-state index is 0.437. The summed E-state index contributed by atoms with van der Waals surface area (Å²) in [6, 6.07) is 19.1. The summed E-state index contributed by atoms with van der Waals surface area (Å²) in [5.74, 6) is -0.437. The lowest BCUT2D eigenvalue weighted by Gasteiger charge is -2.08. The first-order valence-corrected chi connectivity index (χ1v) is 7.56. The van der Waals surface area contributed by atoms with E-state index in [0.717, 1.165) is 22.5 Å². The molecule has 118 valence electrons. The molecule has 2 aromatic carbocycles. The molecule has 3 N–H and O–H groups in total. The van der Waals surface area contributed by atoms with Crippen LogP contribution in [-0.2, 0) is 0 Å². The quantitative estimate of drug-likeness (QED) is 0.745. The fourth-order valence-corrected chi connectivity index (χ4v) is 2.30. The maximum atomic E-state index is 11.3. The van der Waals surface area contributed by atoms with Gasteiger partial charge in [-0.05, 0) is 53.6 Å². The molecule has 0 saturated carbocycles. The smallest absolute Gasteiger partial charge is 0.248 e. The summed E-state index contributed by atoms with van der Waals surface area (Å²) >= 11 is 0. The summed E-state index contributed by atoms with van der Waals surface area (Å²) in [5, 5.41) is 3.29. The predicted molar refractivity (Wildman–Crippen MR) is 97.8 cm³/mol. The highest BCUT2D eigenvalue weighted by Crippen LogP contribution is 2.20. The second-order valence-corrected chi connectivity index (χ2v) is 5.31. The Labute approximate surface area is 140 Å². The molecule has 0 spiro atoms. The summed E-state index contributed by atoms with van der Waals surface area (Å²) in [6.45, 7) is 0. The number of amides is 1. The molecule has 0 fully saturated rings. The number of hydrogen-bond acceptors (Lipinski definition) is 3. The van der Waals surface area contributed by atoms with Gasteiger partial charge in [0.25, 0.3) is 0 Å². The van der Waals surface area contributed by atoms with E-state index in [1.165, 1.54) is 0 Å². The van der Waals surface area contributed by atoms with Crippen molar-refractivity contribution in [2.24, 2.45) is 5.73 Å². The van der Waals surface area contributed by atoms with Gasteiger partial charge in [-0.25, -0.2) is 0 Å². The minimum atomic E-state index is -0.437. The number of hydrogen-bond donors (Lipinski definition) is 2. The van der Waals surface area contributed by atoms with E-state index in [4.69, 9.17) is 5.73 Å². The van der Waals surface area contributed by atoms with E-state index in [1.54, 1.807) is 30.6 Å². The van der Waals surface area contributed by atoms with Crippen molar-refractivity contribution < 1.29 is 4.79 Å². The third-order valence-corrected chi connectivity index (χ3v) is 3.50. The van der Waals surface area contributed by atoms with Crippen molar-refractivity contribution >= 4 is 29.4 Å². The minimum Gasteiger partial charge on any atom is -0.366 e. The summed E-state index contributed by atoms with van der Waals surface area (Å²) in [6.07, 6.45) is 7.61. The monoisotopic (exact) mass is 315 g/mol. The third kappa shape index (κ3) is 4.08. The van der Waals surface area contributed by atoms with Crippen molar-refractivity contribution in [3.63, 3.8) is 0 Å². The Morgan fingerprint density at radius 2 is 1.54 bits per heavy atom. The first-order chi connectivity index (χ1) is 11.7. The van der Waals surface area contributed by atoms with Gasteiger partial charge in [-0.15, -0.1) is 0 Å². The lowest BCUT2D eigenvalue weighted by atomic mass is 10.1. The average molecular weight is 315 g/mol. The molecule has 0 aliphatic carbocycles. The highest BCUT2D eigenvalue weighted by molar-refractivity contribution is 5.93. The molecule has 4 nitrogen and oxygen atoms in total. The van der Waals surface area contributed by atoms with Crippen molar-refractivity contribution in [3.8, 4) is 0 Å². The number of rotatable bonds is 5. The lowest BCUT2D eigenvalue weighted by molar-refractivity contribution is 0.100. The molecule has 0 aliphatic rings. The van der Waals surface area contributed by atoms with E-state index in [1.807, 2.05) is 54.6 Å². The van der Waals surface area contributed by atoms with Gasteiger partial charge < -0.3 is 11.1 Å². The van der Waals surface area contributed by atoms with Crippen LogP contribution in [0.1, 0.15) is 21.5 Å². The van der Waals surface area contributed by atoms with Gasteiger partial charge >= 0.3 is 0 Å². The SMILES string of the molecule is NC(=O)c1cccc(Nc2cccc(/C=C/c3ccncc3)c2)c1. The van der Waals surface area contributed by atoms with E-state index in [2.05, 4.69) is 10.3 Å². The maximum absolute atomic E-state index is 11.3. The Kier molecular flexibility index (Phi) is 4.68. The Hall–Kier alpha value is -3.40. The summed E-state index contributed by atoms with van der Waals surface area (Å²) in [5.41, 5.74) is 9.72. The van der Waals surface area contributed by atoms with Crippen molar-refractivity contribution in [1.82, 2.24) is 4.98 Å². The fraction of sp³-hybridized carbons (Fsp3) is 0. The normalized spacial score (nSPS) is 10.7. The lowest BCUT2D eigenvalue weighted by Crippen LogP contribution is -2.10. The van der Waals surface area contributed by atoms with Gasteiger partial charge in [0, 0.05) is 29.3 Å². The van der Waals surface area contributed by atoms with Gasteiger partial charge in [-0.1, -0.05) is 30.4 Å². The molecule has 0 bridgehead atoms. The van der Waals surface area contributed by atoms with E-state index in [-0.39, 0.29) is 0 Å². The van der Waals surface area contributed by atoms with Gasteiger partial charge in [0.05, 0.1) is 0 Å². The molecule has 0 radical (unpaired) electrons. The van der Waals surface area contributed by atoms with Crippen LogP contribution in [0.3, 0.4) is 0 Å². The molecule has 0 atom stereocenters. The predicted octanol–water partition coefficient (Wildman–Crippen LogP) is 4.09. The zero-order valence-electron chi connectivity index (χ0n) is 13.0. The highest BCUT2D eigenvalue weighted by Gasteiger charge is 2.01. The van der Waals surface area contributed by atoms with Crippen molar-refractivity contribution in [2.75, 3.05) is 5.32 Å². The Balaban J connectivity index is 1.77. The van der Waals surface area contributed by atoms with Crippen LogP contribution in [0.2, 0.25) is 0 Å². The molecule has 1 aromatic heterocycles. The summed E-state index contributed by atoms with van der Waals surface area (Å²) in [7, 11) is 0. The van der Waals surface area contributed by atoms with Crippen LogP contribution in [0, 0.1) is 0 Å². The largest absolute Gasteiger partial charge is 0.366 e. The molecule has 4 heteroatoms. The topological polar surface area (TPSA) is 68.0 Å². The number of nitrogens with one attached hydrogen (secondary N) is 1. The number of anilines is 2. The number of nitrogens with zero attached hydrogens (tertiary/aromatic N) is 1. The molecular formula is C20H17N3O. The number of benzene rings is 2. The van der Waals surface area contributed by atoms with Crippen LogP contribution >= 0.6 is 0 Å². The number of nitrogens with two attached hydrogens (primary N) is 1. The van der Waals surface area contributed by atoms with Gasteiger partial charge in [0.15, 0.2) is 0 Å². The molecule has 0 unspecified atom stereocenters. The number of aromatic nitrogens is 1. The number of carbonyl (C=O) groups is 1. The molecule has 3 aromatic rings. The number of carbonyl (C=O) groups excluding carboxylic acids is 1. The molecular weight excluding hydrogens is 298 g/mol. The molecule has 24 heavy (non-hydrogen) atoms. The standard InChI is InChI=1S/C20H17N3O/c21-20(24)17-4-2-6-19(14-17)23-18-5-1-3-16(13-18)8-7-15-9-11-22-12-10-15/h1-14,23H,(H2,21,24)/b8-7+. The third-order valence-electron chi connectivity index (χ3n) is 3.50. The second-order valence-electron chi connectivity index (χ2n) is 5.31. The summed E-state index contributed by atoms with van der Waals surface area (Å²) < 4.78 is 0. The first-order valence-electron chi connectivity index (χ1n) is 7.56. The van der Waals surface area contributed by atoms with Crippen LogP contribution < -0.4 is 11.1 Å². The van der Waals surface area contributed by atoms with Gasteiger partial charge in [0.2, 0.25) is 5.91 Å². The van der Waals surface area contributed by atoms with E-state index >= 15 is 0 Å². The molecule has 3 rings (SSSR count). The zero-order chi connectivity index (χ0) is 16.8. The van der Waals surface area contributed by atoms with Crippen molar-refractivity contribution in [3.05, 3.63) is 89.7 Å². The Bertz CT molecular complexity index is 873. The molecule has 0 aliphatic heterocycles. The zero-order valence-corrected chi connectivity index (χ0v) is 13.0. The Morgan fingerprint density at radius 3 is 2.29 bits per heavy atom. The van der Waals surface area contributed by atoms with Crippen LogP contribution in [0.5, 0.6) is 0 Å². The average Bonchev–Trinajstić information content (AvgIpc) is 2.61. The molecule has 1 amide bonds. The van der Waals surface area contributed by atoms with Gasteiger partial charge in [-0.2, -0.15) is 0 Å². The Morgan fingerprint density at radius 1 is 0.875 bits per heavy atom. The summed E-state index contributed by atoms with van der Waals surface area (Å²) in [4.78, 5) is 15.3. The van der Waals surface area contributed by atoms with Crippen molar-refractivity contribution in [2.45, 2.75) is 0 Å². The van der Waals surface area contributed by atoms with Crippen LogP contribution in [0.4, 0.5) is 11.4 Å². The molecule has 1 heterocycles. The van der Waals surface area contributed by atoms with Crippen LogP contribution in [0.15, 0.2) is 73.1 Å². The van der Waals surface area contributed by atoms with E-state index in [9.17, 15) is 4.79 Å². The van der Waals surface area contributed by atoms with Crippen molar-refractivity contribution in [1.29, 1.82) is 0 Å². The van der Waals surface area contributed by atoms with E-state index in [0.29, 0.717) is 5.56 Å². The van der Waals surface area contributed by atoms with E-state index < -0.39 is 5.91 Å². The van der Waals surface area contributed by atoms with Crippen LogP contribution in [0.25, 0.3) is 12.2 Å². The second kappa shape index (κ2) is 7.24. The molecule has 0 saturated heterocycles. The number of primary amides is 1. The van der Waals surface area contributed by atoms with Gasteiger partial charge in [-0.3, -0.25) is 9.78 Å². The van der Waals surface area contributed by atoms with Crippen LogP contribution in [-0.4, -0.2) is 10.9 Å². The maximum Gasteiger partial charge on any atom is 0.248 e. The first kappa shape index (κ1) is 15.5. The number of pyridine rings is 1. The van der Waals surface area contributed by atoms with Gasteiger partial charge in [0.1, 0.15) is 0 Å². The highest BCUT2D eigenvalue weighted by atomic mass is 16.1. The fourth-order valence-electron chi connectivity index (χ4n) is 2.30.